The summed E-state index contributed by atoms with van der Waals surface area (Å²) in [5.41, 5.74) is 1.04. The number of aryl methyl sites for hydroxylation is 2. The Morgan fingerprint density at radius 2 is 2.00 bits per heavy atom. The van der Waals surface area contributed by atoms with Gasteiger partial charge in [0.15, 0.2) is 0 Å². The number of rotatable bonds is 5. The summed E-state index contributed by atoms with van der Waals surface area (Å²) in [6.07, 6.45) is 2.09. The third kappa shape index (κ3) is 3.35. The Hall–Kier alpha value is -1.77. The lowest BCUT2D eigenvalue weighted by molar-refractivity contribution is 0.344. The predicted octanol–water partition coefficient (Wildman–Crippen LogP) is 1.68. The Morgan fingerprint density at radius 1 is 1.29 bits per heavy atom. The highest BCUT2D eigenvalue weighted by Gasteiger charge is 2.25. The number of hydrogen-bond donors (Lipinski definition) is 2. The van der Waals surface area contributed by atoms with Gasteiger partial charge in [0, 0.05) is 12.6 Å². The van der Waals surface area contributed by atoms with Crippen LogP contribution in [-0.2, 0) is 16.6 Å². The van der Waals surface area contributed by atoms with Gasteiger partial charge in [-0.1, -0.05) is 12.1 Å². The van der Waals surface area contributed by atoms with E-state index in [4.69, 9.17) is 0 Å². The smallest absolute Gasteiger partial charge is 0.240 e. The molecule has 0 bridgehead atoms. The van der Waals surface area contributed by atoms with Crippen LogP contribution in [-0.4, -0.2) is 30.2 Å². The number of nitrogens with one attached hydrogen (secondary N) is 2. The molecule has 0 spiro atoms. The van der Waals surface area contributed by atoms with Crippen molar-refractivity contribution in [3.63, 3.8) is 0 Å². The van der Waals surface area contributed by atoms with E-state index in [-0.39, 0.29) is 17.0 Å². The number of fused-ring (bicyclic) bond motifs is 1. The fraction of sp³-hybridized carbons (Fsp3) is 0.500. The van der Waals surface area contributed by atoms with Crippen LogP contribution in [0.1, 0.15) is 49.1 Å². The molecule has 2 atom stereocenters. The fourth-order valence-electron chi connectivity index (χ4n) is 3.08. The number of benzene rings is 1. The first-order valence-electron chi connectivity index (χ1n) is 8.11. The summed E-state index contributed by atoms with van der Waals surface area (Å²) in [5.74, 6) is 1.79. The van der Waals surface area contributed by atoms with Crippen LogP contribution in [0.5, 0.6) is 0 Å². The summed E-state index contributed by atoms with van der Waals surface area (Å²) >= 11 is 0. The third-order valence-electron chi connectivity index (χ3n) is 4.39. The van der Waals surface area contributed by atoms with Crippen molar-refractivity contribution in [2.24, 2.45) is 0 Å². The molecule has 2 heterocycles. The van der Waals surface area contributed by atoms with Gasteiger partial charge in [-0.2, -0.15) is 5.10 Å². The summed E-state index contributed by atoms with van der Waals surface area (Å²) in [6.45, 7) is 4.90. The summed E-state index contributed by atoms with van der Waals surface area (Å²) in [7, 11) is -1.99. The molecule has 0 unspecified atom stereocenters. The minimum Gasteiger partial charge on any atom is -0.301 e. The second kappa shape index (κ2) is 6.62. The number of nitrogens with zero attached hydrogens (tertiary/aromatic N) is 3. The Kier molecular flexibility index (Phi) is 4.71. The lowest BCUT2D eigenvalue weighted by atomic mass is 10.0. The van der Waals surface area contributed by atoms with Crippen molar-refractivity contribution in [3.05, 3.63) is 41.5 Å². The van der Waals surface area contributed by atoms with Gasteiger partial charge in [-0.25, -0.2) is 22.8 Å². The minimum absolute atomic E-state index is 0.0879. The average molecular weight is 349 g/mol. The van der Waals surface area contributed by atoms with E-state index in [9.17, 15) is 8.42 Å². The van der Waals surface area contributed by atoms with Crippen LogP contribution in [0.2, 0.25) is 0 Å². The van der Waals surface area contributed by atoms with Gasteiger partial charge >= 0.3 is 0 Å². The fourth-order valence-corrected chi connectivity index (χ4v) is 3.81. The first-order chi connectivity index (χ1) is 11.4. The van der Waals surface area contributed by atoms with Crippen LogP contribution < -0.4 is 10.0 Å². The monoisotopic (exact) mass is 349 g/mol. The van der Waals surface area contributed by atoms with Crippen LogP contribution >= 0.6 is 0 Å². The number of aromatic nitrogens is 3. The quantitative estimate of drug-likeness (QED) is 0.857. The zero-order valence-electron chi connectivity index (χ0n) is 14.2. The van der Waals surface area contributed by atoms with Crippen molar-refractivity contribution < 1.29 is 8.42 Å². The second-order valence-corrected chi connectivity index (χ2v) is 7.99. The lowest BCUT2D eigenvalue weighted by Gasteiger charge is -2.26. The van der Waals surface area contributed by atoms with Crippen LogP contribution in [0.4, 0.5) is 0 Å². The molecule has 1 aliphatic rings. The molecule has 8 heteroatoms. The molecule has 1 aromatic heterocycles. The van der Waals surface area contributed by atoms with E-state index in [1.54, 1.807) is 12.1 Å². The summed E-state index contributed by atoms with van der Waals surface area (Å²) in [6, 6.07) is 7.21. The lowest BCUT2D eigenvalue weighted by Crippen LogP contribution is -2.30. The topological polar surface area (TPSA) is 88.9 Å². The van der Waals surface area contributed by atoms with Crippen molar-refractivity contribution in [1.82, 2.24) is 24.8 Å². The number of sulfonamides is 1. The molecule has 0 saturated carbocycles. The first-order valence-corrected chi connectivity index (χ1v) is 9.60. The molecule has 2 aromatic rings. The zero-order chi connectivity index (χ0) is 17.3. The second-order valence-electron chi connectivity index (χ2n) is 6.10. The van der Waals surface area contributed by atoms with Crippen molar-refractivity contribution in [2.75, 3.05) is 7.05 Å². The van der Waals surface area contributed by atoms with Crippen molar-refractivity contribution in [3.8, 4) is 0 Å². The molecule has 1 aromatic carbocycles. The van der Waals surface area contributed by atoms with E-state index in [0.29, 0.717) is 0 Å². The van der Waals surface area contributed by atoms with Gasteiger partial charge in [-0.3, -0.25) is 0 Å². The molecule has 1 aliphatic heterocycles. The van der Waals surface area contributed by atoms with Gasteiger partial charge in [-0.15, -0.1) is 0 Å². The molecule has 0 saturated heterocycles. The molecule has 130 valence electrons. The predicted molar refractivity (Wildman–Crippen MR) is 91.0 cm³/mol. The molecule has 2 N–H and O–H groups in total. The SMILES string of the molecule is CNS(=O)(=O)c1ccc([C@H](C)N[C@H]2CCCn3nc(C)nc32)cc1. The molecule has 7 nitrogen and oxygen atoms in total. The molecular weight excluding hydrogens is 326 g/mol. The third-order valence-corrected chi connectivity index (χ3v) is 5.82. The summed E-state index contributed by atoms with van der Waals surface area (Å²) < 4.78 is 27.9. The normalized spacial score (nSPS) is 19.0. The van der Waals surface area contributed by atoms with E-state index in [1.165, 1.54) is 7.05 Å². The first kappa shape index (κ1) is 17.1. The van der Waals surface area contributed by atoms with Gasteiger partial charge < -0.3 is 5.32 Å². The Bertz CT molecular complexity index is 813. The van der Waals surface area contributed by atoms with E-state index in [0.717, 1.165) is 36.6 Å². The van der Waals surface area contributed by atoms with Gasteiger partial charge in [-0.05, 0) is 51.4 Å². The van der Waals surface area contributed by atoms with E-state index >= 15 is 0 Å². The Labute approximate surface area is 142 Å². The van der Waals surface area contributed by atoms with Crippen LogP contribution in [0, 0.1) is 6.92 Å². The van der Waals surface area contributed by atoms with E-state index in [2.05, 4.69) is 27.0 Å². The Morgan fingerprint density at radius 3 is 2.67 bits per heavy atom. The molecular formula is C16H23N5O2S. The van der Waals surface area contributed by atoms with Gasteiger partial charge in [0.1, 0.15) is 11.6 Å². The molecule has 0 radical (unpaired) electrons. The van der Waals surface area contributed by atoms with Gasteiger partial charge in [0.2, 0.25) is 10.0 Å². The van der Waals surface area contributed by atoms with Crippen LogP contribution in [0.25, 0.3) is 0 Å². The summed E-state index contributed by atoms with van der Waals surface area (Å²) in [5, 5.41) is 8.01. The van der Waals surface area contributed by atoms with E-state index in [1.807, 2.05) is 23.7 Å². The van der Waals surface area contributed by atoms with Gasteiger partial charge in [0.05, 0.1) is 10.9 Å². The van der Waals surface area contributed by atoms with E-state index < -0.39 is 10.0 Å². The Balaban J connectivity index is 1.75. The maximum Gasteiger partial charge on any atom is 0.240 e. The van der Waals surface area contributed by atoms with Gasteiger partial charge in [0.25, 0.3) is 0 Å². The molecule has 0 amide bonds. The number of hydrogen-bond acceptors (Lipinski definition) is 5. The maximum atomic E-state index is 11.8. The zero-order valence-corrected chi connectivity index (χ0v) is 15.0. The highest BCUT2D eigenvalue weighted by Crippen LogP contribution is 2.26. The molecule has 24 heavy (non-hydrogen) atoms. The van der Waals surface area contributed by atoms with Crippen LogP contribution in [0.3, 0.4) is 0 Å². The van der Waals surface area contributed by atoms with Crippen LogP contribution in [0.15, 0.2) is 29.2 Å². The maximum absolute atomic E-state index is 11.8. The minimum atomic E-state index is -3.40. The molecule has 0 aliphatic carbocycles. The highest BCUT2D eigenvalue weighted by molar-refractivity contribution is 7.89. The largest absolute Gasteiger partial charge is 0.301 e. The highest BCUT2D eigenvalue weighted by atomic mass is 32.2. The average Bonchev–Trinajstić information content (AvgIpc) is 2.96. The van der Waals surface area contributed by atoms with Crippen molar-refractivity contribution in [2.45, 2.75) is 50.2 Å². The summed E-state index contributed by atoms with van der Waals surface area (Å²) in [4.78, 5) is 4.81. The van der Waals surface area contributed by atoms with Crippen molar-refractivity contribution >= 4 is 10.0 Å². The van der Waals surface area contributed by atoms with Crippen molar-refractivity contribution in [1.29, 1.82) is 0 Å². The molecule has 0 fully saturated rings. The molecule has 3 rings (SSSR count). The standard InChI is InChI=1S/C16H23N5O2S/c1-11(13-6-8-14(9-7-13)24(22,23)17-3)18-15-5-4-10-21-16(15)19-12(2)20-21/h6-9,11,15,17-18H,4-5,10H2,1-3H3/t11-,15-/m0/s1.